The molecule has 0 saturated carbocycles. The molecule has 0 amide bonds. The third kappa shape index (κ3) is 5.54. The van der Waals surface area contributed by atoms with Gasteiger partial charge < -0.3 is 14.6 Å². The third-order valence-electron chi connectivity index (χ3n) is 2.78. The number of hydrogen-bond donors (Lipinski definition) is 1. The fourth-order valence-corrected chi connectivity index (χ4v) is 1.79. The van der Waals surface area contributed by atoms with Crippen LogP contribution in [0.25, 0.3) is 5.76 Å². The van der Waals surface area contributed by atoms with Crippen molar-refractivity contribution in [1.82, 2.24) is 0 Å². The zero-order valence-corrected chi connectivity index (χ0v) is 12.6. The van der Waals surface area contributed by atoms with E-state index in [1.807, 2.05) is 0 Å². The van der Waals surface area contributed by atoms with Crippen LogP contribution in [0.5, 0.6) is 0 Å². The Labute approximate surface area is 129 Å². The molecule has 5 heteroatoms. The molecule has 0 radical (unpaired) electrons. The molecule has 0 aliphatic carbocycles. The van der Waals surface area contributed by atoms with Crippen molar-refractivity contribution in [3.8, 4) is 0 Å². The smallest absolute Gasteiger partial charge is 0.330 e. The first-order chi connectivity index (χ1) is 10.5. The maximum absolute atomic E-state index is 12.1. The van der Waals surface area contributed by atoms with Gasteiger partial charge in [-0.2, -0.15) is 0 Å². The van der Waals surface area contributed by atoms with E-state index in [4.69, 9.17) is 9.47 Å². The molecular formula is C17H20O5. The van der Waals surface area contributed by atoms with Gasteiger partial charge in [0.2, 0.25) is 0 Å². The van der Waals surface area contributed by atoms with Crippen molar-refractivity contribution in [2.75, 3.05) is 13.2 Å². The Balaban J connectivity index is 2.67. The van der Waals surface area contributed by atoms with Crippen LogP contribution in [0, 0.1) is 0 Å². The Hall–Kier alpha value is -2.40. The van der Waals surface area contributed by atoms with Crippen molar-refractivity contribution in [3.05, 3.63) is 54.6 Å². The van der Waals surface area contributed by atoms with Gasteiger partial charge in [0.05, 0.1) is 6.10 Å². The molecule has 118 valence electrons. The summed E-state index contributed by atoms with van der Waals surface area (Å²) in [7, 11) is 0. The van der Waals surface area contributed by atoms with Crippen molar-refractivity contribution in [3.63, 3.8) is 0 Å². The predicted octanol–water partition coefficient (Wildman–Crippen LogP) is 2.36. The third-order valence-corrected chi connectivity index (χ3v) is 2.78. The summed E-state index contributed by atoms with van der Waals surface area (Å²) in [4.78, 5) is 23.0. The topological polar surface area (TPSA) is 72.8 Å². The van der Waals surface area contributed by atoms with Gasteiger partial charge >= 0.3 is 5.97 Å². The van der Waals surface area contributed by atoms with Gasteiger partial charge in [-0.3, -0.25) is 4.79 Å². The van der Waals surface area contributed by atoms with Crippen molar-refractivity contribution < 1.29 is 24.2 Å². The molecule has 1 unspecified atom stereocenters. The summed E-state index contributed by atoms with van der Waals surface area (Å²) < 4.78 is 10.2. The summed E-state index contributed by atoms with van der Waals surface area (Å²) in [6.07, 6.45) is 0.383. The number of rotatable bonds is 9. The summed E-state index contributed by atoms with van der Waals surface area (Å²) in [5, 5.41) is 9.33. The minimum absolute atomic E-state index is 0.0290. The Morgan fingerprint density at radius 2 is 1.82 bits per heavy atom. The zero-order valence-electron chi connectivity index (χ0n) is 12.6. The van der Waals surface area contributed by atoms with Crippen molar-refractivity contribution >= 4 is 17.5 Å². The molecule has 0 fully saturated rings. The summed E-state index contributed by atoms with van der Waals surface area (Å²) in [6, 6.07) is 6.87. The van der Waals surface area contributed by atoms with E-state index in [2.05, 4.69) is 13.2 Å². The minimum atomic E-state index is -0.715. The fraction of sp³-hybridized carbons (Fsp3) is 0.294. The SMILES string of the molecule is C=CC(=O)OCCOC(=C)c1ccccc1C(=O)CC(C)O. The highest BCUT2D eigenvalue weighted by molar-refractivity contribution is 6.00. The first-order valence-electron chi connectivity index (χ1n) is 6.87. The Kier molecular flexibility index (Phi) is 7.05. The lowest BCUT2D eigenvalue weighted by Gasteiger charge is -2.13. The summed E-state index contributed by atoms with van der Waals surface area (Å²) in [5.74, 6) is -0.403. The number of aliphatic hydroxyl groups is 1. The minimum Gasteiger partial charge on any atom is -0.490 e. The number of esters is 1. The molecule has 0 heterocycles. The van der Waals surface area contributed by atoms with Gasteiger partial charge in [0, 0.05) is 23.6 Å². The molecule has 5 nitrogen and oxygen atoms in total. The molecule has 0 saturated heterocycles. The monoisotopic (exact) mass is 304 g/mol. The van der Waals surface area contributed by atoms with Gasteiger partial charge in [0.15, 0.2) is 5.78 Å². The van der Waals surface area contributed by atoms with Crippen molar-refractivity contribution in [1.29, 1.82) is 0 Å². The highest BCUT2D eigenvalue weighted by atomic mass is 16.6. The highest BCUT2D eigenvalue weighted by Gasteiger charge is 2.15. The Bertz CT molecular complexity index is 560. The van der Waals surface area contributed by atoms with Crippen LogP contribution in [0.2, 0.25) is 0 Å². The molecular weight excluding hydrogens is 284 g/mol. The molecule has 0 aliphatic heterocycles. The van der Waals surface area contributed by atoms with Gasteiger partial charge in [-0.1, -0.05) is 37.4 Å². The lowest BCUT2D eigenvalue weighted by molar-refractivity contribution is -0.138. The van der Waals surface area contributed by atoms with Crippen LogP contribution in [0.3, 0.4) is 0 Å². The number of carbonyl (C=O) groups is 2. The van der Waals surface area contributed by atoms with Gasteiger partial charge in [0.1, 0.15) is 19.0 Å². The van der Waals surface area contributed by atoms with Gasteiger partial charge in [-0.25, -0.2) is 4.79 Å². The number of aliphatic hydroxyl groups excluding tert-OH is 1. The van der Waals surface area contributed by atoms with E-state index in [-0.39, 0.29) is 25.4 Å². The van der Waals surface area contributed by atoms with Gasteiger partial charge in [0.25, 0.3) is 0 Å². The quantitative estimate of drug-likeness (QED) is 0.249. The summed E-state index contributed by atoms with van der Waals surface area (Å²) >= 11 is 0. The summed E-state index contributed by atoms with van der Waals surface area (Å²) in [6.45, 7) is 8.81. The number of ether oxygens (including phenoxy) is 2. The van der Waals surface area contributed by atoms with Crippen LogP contribution < -0.4 is 0 Å². The lowest BCUT2D eigenvalue weighted by Crippen LogP contribution is -2.12. The first kappa shape index (κ1) is 17.7. The second-order valence-electron chi connectivity index (χ2n) is 4.67. The molecule has 0 bridgehead atoms. The van der Waals surface area contributed by atoms with Crippen LogP contribution in [-0.4, -0.2) is 36.2 Å². The maximum Gasteiger partial charge on any atom is 0.330 e. The van der Waals surface area contributed by atoms with Crippen LogP contribution in [0.4, 0.5) is 0 Å². The molecule has 22 heavy (non-hydrogen) atoms. The van der Waals surface area contributed by atoms with Crippen LogP contribution in [-0.2, 0) is 14.3 Å². The lowest BCUT2D eigenvalue weighted by atomic mass is 9.99. The number of ketones is 1. The van der Waals surface area contributed by atoms with Crippen LogP contribution in [0.15, 0.2) is 43.5 Å². The standard InChI is InChI=1S/C17H20O5/c1-4-17(20)22-10-9-21-13(3)14-7-5-6-8-15(14)16(19)11-12(2)18/h4-8,12,18H,1,3,9-11H2,2H3. The number of benzene rings is 1. The molecule has 1 aromatic carbocycles. The van der Waals surface area contributed by atoms with E-state index in [1.54, 1.807) is 31.2 Å². The molecule has 0 aliphatic rings. The molecule has 1 atom stereocenters. The second-order valence-corrected chi connectivity index (χ2v) is 4.67. The van der Waals surface area contributed by atoms with Crippen LogP contribution in [0.1, 0.15) is 29.3 Å². The van der Waals surface area contributed by atoms with Gasteiger partial charge in [-0.05, 0) is 6.92 Å². The average Bonchev–Trinajstić information content (AvgIpc) is 2.50. The van der Waals surface area contributed by atoms with Crippen molar-refractivity contribution in [2.24, 2.45) is 0 Å². The molecule has 0 spiro atoms. The Morgan fingerprint density at radius 1 is 1.23 bits per heavy atom. The average molecular weight is 304 g/mol. The van der Waals surface area contributed by atoms with E-state index < -0.39 is 12.1 Å². The van der Waals surface area contributed by atoms with E-state index in [0.717, 1.165) is 6.08 Å². The number of carbonyl (C=O) groups excluding carboxylic acids is 2. The zero-order chi connectivity index (χ0) is 16.5. The van der Waals surface area contributed by atoms with E-state index in [1.165, 1.54) is 0 Å². The predicted molar refractivity (Wildman–Crippen MR) is 83.2 cm³/mol. The molecule has 1 aromatic rings. The molecule has 1 rings (SSSR count). The summed E-state index contributed by atoms with van der Waals surface area (Å²) in [5.41, 5.74) is 1.000. The largest absolute Gasteiger partial charge is 0.490 e. The van der Waals surface area contributed by atoms with E-state index in [0.29, 0.717) is 16.9 Å². The molecule has 0 aromatic heterocycles. The van der Waals surface area contributed by atoms with Crippen molar-refractivity contribution in [2.45, 2.75) is 19.4 Å². The van der Waals surface area contributed by atoms with Crippen LogP contribution >= 0.6 is 0 Å². The fourth-order valence-electron chi connectivity index (χ4n) is 1.79. The second kappa shape index (κ2) is 8.79. The Morgan fingerprint density at radius 3 is 2.41 bits per heavy atom. The maximum atomic E-state index is 12.1. The molecule has 1 N–H and O–H groups in total. The number of Topliss-reactive ketones (excluding diaryl/α,β-unsaturated/α-hetero) is 1. The highest BCUT2D eigenvalue weighted by Crippen LogP contribution is 2.20. The first-order valence-corrected chi connectivity index (χ1v) is 6.87. The number of hydrogen-bond acceptors (Lipinski definition) is 5. The van der Waals surface area contributed by atoms with E-state index in [9.17, 15) is 14.7 Å². The van der Waals surface area contributed by atoms with E-state index >= 15 is 0 Å². The normalized spacial score (nSPS) is 11.4. The van der Waals surface area contributed by atoms with Gasteiger partial charge in [-0.15, -0.1) is 0 Å².